The lowest BCUT2D eigenvalue weighted by molar-refractivity contribution is -0.384. The van der Waals surface area contributed by atoms with E-state index in [1.54, 1.807) is 26.0 Å². The van der Waals surface area contributed by atoms with E-state index in [1.165, 1.54) is 12.1 Å². The summed E-state index contributed by atoms with van der Waals surface area (Å²) in [6, 6.07) is 3.53. The van der Waals surface area contributed by atoms with Gasteiger partial charge in [0, 0.05) is 11.6 Å². The summed E-state index contributed by atoms with van der Waals surface area (Å²) in [5, 5.41) is 13.7. The van der Waals surface area contributed by atoms with Gasteiger partial charge in [0.25, 0.3) is 23.1 Å². The molecule has 142 valence electrons. The van der Waals surface area contributed by atoms with Crippen molar-refractivity contribution < 1.29 is 19.2 Å². The van der Waals surface area contributed by atoms with Crippen LogP contribution in [0.2, 0.25) is 0 Å². The summed E-state index contributed by atoms with van der Waals surface area (Å²) >= 11 is 0. The minimum atomic E-state index is -0.773. The summed E-state index contributed by atoms with van der Waals surface area (Å²) in [5.74, 6) is -1.58. The number of carbonyl (C=O) groups excluding carboxylic acids is 2. The number of nitro groups is 1. The van der Waals surface area contributed by atoms with Crippen LogP contribution in [0.5, 0.6) is 5.75 Å². The molecule has 0 atom stereocenters. The second-order valence-electron chi connectivity index (χ2n) is 6.95. The van der Waals surface area contributed by atoms with E-state index in [0.717, 1.165) is 10.6 Å². The number of nitrogens with zero attached hydrogens (tertiary/aromatic N) is 2. The van der Waals surface area contributed by atoms with Gasteiger partial charge in [-0.25, -0.2) is 0 Å². The molecule has 10 nitrogen and oxygen atoms in total. The fraction of sp³-hybridized carbons (Fsp3) is 0.167. The average Bonchev–Trinajstić information content (AvgIpc) is 2.87. The number of amides is 2. The first kappa shape index (κ1) is 17.5. The van der Waals surface area contributed by atoms with E-state index in [4.69, 9.17) is 10.5 Å². The molecule has 1 aromatic carbocycles. The Morgan fingerprint density at radius 2 is 1.89 bits per heavy atom. The highest BCUT2D eigenvalue weighted by atomic mass is 16.6. The van der Waals surface area contributed by atoms with Crippen molar-refractivity contribution in [1.29, 1.82) is 0 Å². The van der Waals surface area contributed by atoms with Crippen molar-refractivity contribution in [1.82, 2.24) is 9.88 Å². The molecule has 0 unspecified atom stereocenters. The standard InChI is InChI=1S/C18H14N4O6/c1-18(2)4-3-8-5-10(11(22(26)27)7-12(8)28-18)21-13(23)6-9-14(15(21)19)17(25)20-16(9)24/h3-7H,19H2,1-2H3,(H,20,24,25). The predicted molar refractivity (Wildman–Crippen MR) is 98.6 cm³/mol. The number of carbonyl (C=O) groups is 2. The fourth-order valence-corrected chi connectivity index (χ4v) is 3.25. The third kappa shape index (κ3) is 2.46. The van der Waals surface area contributed by atoms with Gasteiger partial charge in [-0.05, 0) is 26.0 Å². The zero-order valence-electron chi connectivity index (χ0n) is 14.8. The Bertz CT molecular complexity index is 1190. The van der Waals surface area contributed by atoms with Crippen LogP contribution >= 0.6 is 0 Å². The smallest absolute Gasteiger partial charge is 0.297 e. The molecule has 0 aliphatic carbocycles. The second kappa shape index (κ2) is 5.52. The number of hydrogen-bond acceptors (Lipinski definition) is 7. The number of nitrogen functional groups attached to an aromatic ring is 1. The fourth-order valence-electron chi connectivity index (χ4n) is 3.25. The van der Waals surface area contributed by atoms with Gasteiger partial charge >= 0.3 is 0 Å². The maximum Gasteiger partial charge on any atom is 0.297 e. The molecule has 1 aromatic heterocycles. The van der Waals surface area contributed by atoms with E-state index in [-0.39, 0.29) is 28.4 Å². The highest BCUT2D eigenvalue weighted by Gasteiger charge is 2.34. The molecule has 0 fully saturated rings. The summed E-state index contributed by atoms with van der Waals surface area (Å²) in [7, 11) is 0. The highest BCUT2D eigenvalue weighted by Crippen LogP contribution is 2.38. The van der Waals surface area contributed by atoms with Crippen molar-refractivity contribution in [3.63, 3.8) is 0 Å². The molecule has 3 N–H and O–H groups in total. The Kier molecular flexibility index (Phi) is 3.44. The number of pyridine rings is 1. The lowest BCUT2D eigenvalue weighted by atomic mass is 10.0. The minimum absolute atomic E-state index is 0.130. The van der Waals surface area contributed by atoms with Crippen LogP contribution in [0.3, 0.4) is 0 Å². The van der Waals surface area contributed by atoms with Gasteiger partial charge in [-0.2, -0.15) is 0 Å². The SMILES string of the molecule is CC1(C)C=Cc2cc(-n3c(N)c4c(cc3=O)C(=O)NC4=O)c([N+](=O)[O-])cc2O1. The van der Waals surface area contributed by atoms with Crippen LogP contribution in [0, 0.1) is 10.1 Å². The van der Waals surface area contributed by atoms with Crippen molar-refractivity contribution in [2.24, 2.45) is 0 Å². The molecule has 0 spiro atoms. The van der Waals surface area contributed by atoms with Crippen LogP contribution in [0.15, 0.2) is 29.1 Å². The van der Waals surface area contributed by atoms with Crippen LogP contribution in [0.25, 0.3) is 11.8 Å². The number of nitro benzene ring substituents is 1. The van der Waals surface area contributed by atoms with E-state index in [0.29, 0.717) is 5.56 Å². The number of anilines is 1. The molecule has 0 radical (unpaired) electrons. The highest BCUT2D eigenvalue weighted by molar-refractivity contribution is 6.23. The average molecular weight is 382 g/mol. The van der Waals surface area contributed by atoms with Gasteiger partial charge < -0.3 is 10.5 Å². The number of fused-ring (bicyclic) bond motifs is 2. The Balaban J connectivity index is 2.03. The number of nitrogens with one attached hydrogen (secondary N) is 1. The predicted octanol–water partition coefficient (Wildman–Crippen LogP) is 1.40. The first-order chi connectivity index (χ1) is 13.1. The summed E-state index contributed by atoms with van der Waals surface area (Å²) < 4.78 is 6.60. The molecular weight excluding hydrogens is 368 g/mol. The molecule has 0 saturated carbocycles. The number of nitrogens with two attached hydrogens (primary N) is 1. The lowest BCUT2D eigenvalue weighted by Gasteiger charge is -2.28. The molecule has 10 heteroatoms. The van der Waals surface area contributed by atoms with Gasteiger partial charge in [0.2, 0.25) is 0 Å². The second-order valence-corrected chi connectivity index (χ2v) is 6.95. The van der Waals surface area contributed by atoms with E-state index in [2.05, 4.69) is 5.32 Å². The Morgan fingerprint density at radius 3 is 2.57 bits per heavy atom. The molecule has 2 aliphatic rings. The van der Waals surface area contributed by atoms with Gasteiger partial charge in [-0.3, -0.25) is 34.4 Å². The number of benzene rings is 1. The Hall–Kier alpha value is -3.95. The third-order valence-corrected chi connectivity index (χ3v) is 4.54. The molecule has 2 aliphatic heterocycles. The summed E-state index contributed by atoms with van der Waals surface area (Å²) in [4.78, 5) is 47.4. The molecule has 2 aromatic rings. The Morgan fingerprint density at radius 1 is 1.18 bits per heavy atom. The molecule has 2 amide bonds. The number of aromatic nitrogens is 1. The van der Waals surface area contributed by atoms with Gasteiger partial charge in [0.15, 0.2) is 0 Å². The number of imide groups is 1. The van der Waals surface area contributed by atoms with Crippen molar-refractivity contribution in [3.05, 3.63) is 61.4 Å². The van der Waals surface area contributed by atoms with Crippen LogP contribution < -0.4 is 21.3 Å². The van der Waals surface area contributed by atoms with E-state index in [1.807, 2.05) is 0 Å². The van der Waals surface area contributed by atoms with Gasteiger partial charge in [0.05, 0.1) is 22.1 Å². The van der Waals surface area contributed by atoms with E-state index >= 15 is 0 Å². The maximum atomic E-state index is 12.6. The minimum Gasteiger partial charge on any atom is -0.483 e. The normalized spacial score (nSPS) is 16.2. The van der Waals surface area contributed by atoms with Gasteiger partial charge in [-0.15, -0.1) is 0 Å². The van der Waals surface area contributed by atoms with Crippen LogP contribution in [0.1, 0.15) is 40.1 Å². The number of hydrogen-bond donors (Lipinski definition) is 2. The summed E-state index contributed by atoms with van der Waals surface area (Å²) in [5.41, 5.74) is 4.17. The zero-order valence-corrected chi connectivity index (χ0v) is 14.8. The summed E-state index contributed by atoms with van der Waals surface area (Å²) in [6.07, 6.45) is 3.49. The largest absolute Gasteiger partial charge is 0.483 e. The first-order valence-corrected chi connectivity index (χ1v) is 8.21. The topological polar surface area (TPSA) is 147 Å². The Labute approximate surface area is 157 Å². The number of rotatable bonds is 2. The van der Waals surface area contributed by atoms with Gasteiger partial charge in [-0.1, -0.05) is 6.08 Å². The maximum absolute atomic E-state index is 12.6. The summed E-state index contributed by atoms with van der Waals surface area (Å²) in [6.45, 7) is 3.59. The lowest BCUT2D eigenvalue weighted by Crippen LogP contribution is -2.28. The third-order valence-electron chi connectivity index (χ3n) is 4.54. The molecular formula is C18H14N4O6. The van der Waals surface area contributed by atoms with Crippen molar-refractivity contribution in [2.75, 3.05) is 5.73 Å². The zero-order chi connectivity index (χ0) is 20.4. The van der Waals surface area contributed by atoms with Crippen molar-refractivity contribution >= 4 is 29.4 Å². The van der Waals surface area contributed by atoms with E-state index < -0.39 is 33.6 Å². The monoisotopic (exact) mass is 382 g/mol. The molecule has 0 saturated heterocycles. The van der Waals surface area contributed by atoms with Crippen LogP contribution in [0.4, 0.5) is 11.5 Å². The quantitative estimate of drug-likeness (QED) is 0.453. The van der Waals surface area contributed by atoms with Gasteiger partial charge in [0.1, 0.15) is 22.9 Å². The molecule has 28 heavy (non-hydrogen) atoms. The van der Waals surface area contributed by atoms with Crippen molar-refractivity contribution in [3.8, 4) is 11.4 Å². The molecule has 4 rings (SSSR count). The number of ether oxygens (including phenoxy) is 1. The van der Waals surface area contributed by atoms with Crippen molar-refractivity contribution in [2.45, 2.75) is 19.4 Å². The molecule has 0 bridgehead atoms. The van der Waals surface area contributed by atoms with Crippen LogP contribution in [-0.4, -0.2) is 26.9 Å². The van der Waals surface area contributed by atoms with E-state index in [9.17, 15) is 24.5 Å². The first-order valence-electron chi connectivity index (χ1n) is 8.21. The molecule has 3 heterocycles. The van der Waals surface area contributed by atoms with Crippen LogP contribution in [-0.2, 0) is 0 Å².